The van der Waals surface area contributed by atoms with E-state index >= 15 is 0 Å². The lowest BCUT2D eigenvalue weighted by Gasteiger charge is -2.21. The minimum Gasteiger partial charge on any atom is -0.497 e. The number of hydrogen-bond acceptors (Lipinski definition) is 5. The first-order chi connectivity index (χ1) is 15.1. The highest BCUT2D eigenvalue weighted by Gasteiger charge is 2.17. The molecule has 0 saturated heterocycles. The number of benzene rings is 2. The molecule has 3 rings (SSSR count). The van der Waals surface area contributed by atoms with Gasteiger partial charge in [-0.15, -0.1) is 11.8 Å². The van der Waals surface area contributed by atoms with Crippen LogP contribution in [0, 0.1) is 5.92 Å². The van der Waals surface area contributed by atoms with Crippen LogP contribution in [0.15, 0.2) is 47.4 Å². The molecule has 1 aliphatic rings. The molecule has 1 aliphatic carbocycles. The molecule has 0 unspecified atom stereocenters. The first-order valence-electron chi connectivity index (χ1n) is 10.6. The van der Waals surface area contributed by atoms with E-state index in [1.807, 2.05) is 18.2 Å². The monoisotopic (exact) mass is 442 g/mol. The Kier molecular flexibility index (Phi) is 8.64. The fraction of sp³-hybridized carbons (Fsp3) is 0.417. The topological polar surface area (TPSA) is 76.7 Å². The molecular weight excluding hydrogens is 412 g/mol. The number of anilines is 1. The lowest BCUT2D eigenvalue weighted by Crippen LogP contribution is -2.31. The van der Waals surface area contributed by atoms with Crippen LogP contribution in [0.3, 0.4) is 0 Å². The molecule has 1 saturated carbocycles. The molecule has 31 heavy (non-hydrogen) atoms. The van der Waals surface area contributed by atoms with E-state index in [1.165, 1.54) is 43.9 Å². The van der Waals surface area contributed by atoms with E-state index in [2.05, 4.69) is 10.6 Å². The van der Waals surface area contributed by atoms with Crippen LogP contribution in [0.25, 0.3) is 0 Å². The van der Waals surface area contributed by atoms with E-state index in [0.29, 0.717) is 28.7 Å². The van der Waals surface area contributed by atoms with E-state index < -0.39 is 0 Å². The summed E-state index contributed by atoms with van der Waals surface area (Å²) < 4.78 is 10.6. The second kappa shape index (κ2) is 11.6. The highest BCUT2D eigenvalue weighted by atomic mass is 32.2. The summed E-state index contributed by atoms with van der Waals surface area (Å²) in [7, 11) is 3.12. The number of nitrogens with one attached hydrogen (secondary N) is 2. The summed E-state index contributed by atoms with van der Waals surface area (Å²) >= 11 is 1.37. The number of hydrogen-bond donors (Lipinski definition) is 2. The summed E-state index contributed by atoms with van der Waals surface area (Å²) in [6.07, 6.45) is 6.23. The number of carbonyl (C=O) groups excluding carboxylic acids is 2. The summed E-state index contributed by atoms with van der Waals surface area (Å²) in [5.41, 5.74) is 1.07. The minimum absolute atomic E-state index is 0.00242. The molecule has 1 fully saturated rings. The van der Waals surface area contributed by atoms with Gasteiger partial charge in [-0.3, -0.25) is 9.59 Å². The third-order valence-electron chi connectivity index (χ3n) is 5.46. The average Bonchev–Trinajstić information content (AvgIpc) is 2.82. The van der Waals surface area contributed by atoms with Gasteiger partial charge < -0.3 is 20.1 Å². The van der Waals surface area contributed by atoms with E-state index in [0.717, 1.165) is 11.4 Å². The van der Waals surface area contributed by atoms with Crippen LogP contribution in [0.1, 0.15) is 42.5 Å². The van der Waals surface area contributed by atoms with Crippen molar-refractivity contribution in [3.63, 3.8) is 0 Å². The molecule has 0 heterocycles. The lowest BCUT2D eigenvalue weighted by atomic mass is 9.89. The Morgan fingerprint density at radius 3 is 2.55 bits per heavy atom. The van der Waals surface area contributed by atoms with Crippen molar-refractivity contribution in [3.8, 4) is 11.5 Å². The van der Waals surface area contributed by atoms with Gasteiger partial charge in [-0.05, 0) is 43.0 Å². The van der Waals surface area contributed by atoms with E-state index in [9.17, 15) is 9.59 Å². The van der Waals surface area contributed by atoms with Gasteiger partial charge in [-0.1, -0.05) is 31.4 Å². The van der Waals surface area contributed by atoms with Gasteiger partial charge in [0.1, 0.15) is 11.5 Å². The molecule has 6 nitrogen and oxygen atoms in total. The summed E-state index contributed by atoms with van der Waals surface area (Å²) in [6, 6.07) is 12.5. The van der Waals surface area contributed by atoms with Crippen molar-refractivity contribution in [2.45, 2.75) is 37.0 Å². The van der Waals surface area contributed by atoms with E-state index in [1.54, 1.807) is 38.5 Å². The van der Waals surface area contributed by atoms with Crippen LogP contribution in [0.4, 0.5) is 5.69 Å². The highest BCUT2D eigenvalue weighted by molar-refractivity contribution is 8.00. The third kappa shape index (κ3) is 6.66. The first-order valence-corrected chi connectivity index (χ1v) is 11.6. The molecule has 0 bridgehead atoms. The minimum atomic E-state index is -0.255. The van der Waals surface area contributed by atoms with Gasteiger partial charge in [0.15, 0.2) is 0 Å². The van der Waals surface area contributed by atoms with Crippen molar-refractivity contribution in [1.29, 1.82) is 0 Å². The second-order valence-corrected chi connectivity index (χ2v) is 8.63. The van der Waals surface area contributed by atoms with Crippen molar-refractivity contribution in [1.82, 2.24) is 5.32 Å². The molecule has 0 aromatic heterocycles. The number of carbonyl (C=O) groups is 2. The average molecular weight is 443 g/mol. The maximum absolute atomic E-state index is 12.9. The molecule has 0 aliphatic heterocycles. The summed E-state index contributed by atoms with van der Waals surface area (Å²) in [5.74, 6) is 1.78. The molecule has 0 atom stereocenters. The fourth-order valence-electron chi connectivity index (χ4n) is 3.72. The second-order valence-electron chi connectivity index (χ2n) is 7.61. The zero-order chi connectivity index (χ0) is 22.1. The Labute approximate surface area is 188 Å². The molecule has 0 radical (unpaired) electrons. The summed E-state index contributed by atoms with van der Waals surface area (Å²) in [4.78, 5) is 26.0. The highest BCUT2D eigenvalue weighted by Crippen LogP contribution is 2.30. The lowest BCUT2D eigenvalue weighted by molar-refractivity contribution is -0.118. The Morgan fingerprint density at radius 1 is 1.03 bits per heavy atom. The van der Waals surface area contributed by atoms with Crippen molar-refractivity contribution in [2.24, 2.45) is 5.92 Å². The summed E-state index contributed by atoms with van der Waals surface area (Å²) in [6.45, 7) is 0.749. The smallest absolute Gasteiger partial charge is 0.256 e. The van der Waals surface area contributed by atoms with Crippen molar-refractivity contribution < 1.29 is 19.1 Å². The molecule has 2 N–H and O–H groups in total. The van der Waals surface area contributed by atoms with Gasteiger partial charge in [0.25, 0.3) is 5.91 Å². The first kappa shape index (κ1) is 23.0. The summed E-state index contributed by atoms with van der Waals surface area (Å²) in [5, 5.41) is 5.94. The maximum atomic E-state index is 12.9. The van der Waals surface area contributed by atoms with E-state index in [-0.39, 0.29) is 17.6 Å². The standard InChI is InChI=1S/C24H30N2O4S/c1-29-18-12-13-20(21(14-18)30-2)26-24(28)19-10-6-7-11-22(19)31-16-23(27)25-15-17-8-4-3-5-9-17/h6-7,10-14,17H,3-5,8-9,15-16H2,1-2H3,(H,25,27)(H,26,28). The molecule has 166 valence electrons. The Hall–Kier alpha value is -2.67. The Morgan fingerprint density at radius 2 is 1.81 bits per heavy atom. The van der Waals surface area contributed by atoms with Crippen LogP contribution in [-0.4, -0.2) is 38.3 Å². The zero-order valence-corrected chi connectivity index (χ0v) is 18.9. The quantitative estimate of drug-likeness (QED) is 0.549. The molecular formula is C24H30N2O4S. The SMILES string of the molecule is COc1ccc(NC(=O)c2ccccc2SCC(=O)NCC2CCCCC2)c(OC)c1. The van der Waals surface area contributed by atoms with Crippen molar-refractivity contribution in [3.05, 3.63) is 48.0 Å². The van der Waals surface area contributed by atoms with Gasteiger partial charge in [0.05, 0.1) is 31.2 Å². The van der Waals surface area contributed by atoms with Crippen LogP contribution >= 0.6 is 11.8 Å². The number of amides is 2. The third-order valence-corrected chi connectivity index (χ3v) is 6.53. The Bertz CT molecular complexity index is 897. The van der Waals surface area contributed by atoms with Crippen LogP contribution in [-0.2, 0) is 4.79 Å². The van der Waals surface area contributed by atoms with Crippen molar-refractivity contribution in [2.75, 3.05) is 31.8 Å². The molecule has 7 heteroatoms. The molecule has 2 amide bonds. The number of thioether (sulfide) groups is 1. The van der Waals surface area contributed by atoms with E-state index in [4.69, 9.17) is 9.47 Å². The van der Waals surface area contributed by atoms with Gasteiger partial charge in [-0.2, -0.15) is 0 Å². The number of rotatable bonds is 9. The largest absolute Gasteiger partial charge is 0.497 e. The van der Waals surface area contributed by atoms with Crippen molar-refractivity contribution >= 4 is 29.3 Å². The Balaban J connectivity index is 1.59. The maximum Gasteiger partial charge on any atom is 0.256 e. The van der Waals surface area contributed by atoms with Crippen LogP contribution in [0.2, 0.25) is 0 Å². The van der Waals surface area contributed by atoms with Gasteiger partial charge in [0, 0.05) is 17.5 Å². The predicted octanol–water partition coefficient (Wildman–Crippen LogP) is 4.74. The molecule has 2 aromatic carbocycles. The predicted molar refractivity (Wildman–Crippen MR) is 124 cm³/mol. The normalized spacial score (nSPS) is 14.0. The van der Waals surface area contributed by atoms with Crippen LogP contribution in [0.5, 0.6) is 11.5 Å². The zero-order valence-electron chi connectivity index (χ0n) is 18.1. The van der Waals surface area contributed by atoms with Crippen LogP contribution < -0.4 is 20.1 Å². The van der Waals surface area contributed by atoms with Gasteiger partial charge >= 0.3 is 0 Å². The van der Waals surface area contributed by atoms with Gasteiger partial charge in [0.2, 0.25) is 5.91 Å². The molecule has 2 aromatic rings. The number of ether oxygens (including phenoxy) is 2. The molecule has 0 spiro atoms. The number of methoxy groups -OCH3 is 2. The van der Waals surface area contributed by atoms with Gasteiger partial charge in [-0.25, -0.2) is 0 Å². The fourth-order valence-corrected chi connectivity index (χ4v) is 4.59.